The van der Waals surface area contributed by atoms with Gasteiger partial charge in [-0.05, 0) is 13.8 Å². The van der Waals surface area contributed by atoms with Crippen molar-refractivity contribution >= 4 is 50.8 Å². The summed E-state index contributed by atoms with van der Waals surface area (Å²) in [5, 5.41) is 13.3. The van der Waals surface area contributed by atoms with Gasteiger partial charge in [0, 0.05) is 0 Å². The van der Waals surface area contributed by atoms with Crippen LogP contribution in [0.1, 0.15) is 41.0 Å². The van der Waals surface area contributed by atoms with E-state index in [9.17, 15) is 28.8 Å². The van der Waals surface area contributed by atoms with Gasteiger partial charge in [0.25, 0.3) is 5.91 Å². The van der Waals surface area contributed by atoms with Crippen LogP contribution in [-0.4, -0.2) is 87.0 Å². The predicted molar refractivity (Wildman–Crippen MR) is 122 cm³/mol. The first-order valence-electron chi connectivity index (χ1n) is 10.6. The van der Waals surface area contributed by atoms with Gasteiger partial charge < -0.3 is 11.1 Å². The van der Waals surface area contributed by atoms with Gasteiger partial charge in [0.05, 0.1) is 0 Å². The van der Waals surface area contributed by atoms with Crippen LogP contribution < -0.4 is 32.3 Å². The molecule has 0 aliphatic rings. The van der Waals surface area contributed by atoms with Gasteiger partial charge in [-0.25, -0.2) is 0 Å². The molecule has 0 aromatic rings. The van der Waals surface area contributed by atoms with Crippen molar-refractivity contribution in [1.29, 1.82) is 0 Å². The number of carbonyl (C=O) groups is 6. The minimum absolute atomic E-state index is 0.287. The summed E-state index contributed by atoms with van der Waals surface area (Å²) in [4.78, 5) is 71.9. The zero-order valence-electron chi connectivity index (χ0n) is 20.0. The van der Waals surface area contributed by atoms with E-state index in [4.69, 9.17) is 0 Å². The van der Waals surface area contributed by atoms with Crippen LogP contribution in [0.5, 0.6) is 0 Å². The van der Waals surface area contributed by atoms with Crippen LogP contribution >= 0.6 is 0 Å². The molecule has 0 bridgehead atoms. The van der Waals surface area contributed by atoms with Crippen LogP contribution in [-0.2, 0) is 28.8 Å². The van der Waals surface area contributed by atoms with Crippen LogP contribution in [0.15, 0.2) is 0 Å². The molecule has 12 nitrogen and oxygen atoms in total. The van der Waals surface area contributed by atoms with Crippen molar-refractivity contribution in [3.63, 3.8) is 0 Å². The van der Waals surface area contributed by atoms with Gasteiger partial charge in [-0.2, -0.15) is 0 Å². The molecule has 0 aromatic heterocycles. The molecule has 8 N–H and O–H groups in total. The average Bonchev–Trinajstić information content (AvgIpc) is 2.75. The number of amides is 5. The third kappa shape index (κ3) is 11.8. The van der Waals surface area contributed by atoms with Crippen molar-refractivity contribution in [3.05, 3.63) is 0 Å². The van der Waals surface area contributed by atoms with Crippen molar-refractivity contribution in [2.24, 2.45) is 0 Å². The molecule has 5 amide bonds. The Bertz CT molecular complexity index is 719. The Labute approximate surface area is 200 Å². The van der Waals surface area contributed by atoms with Crippen LogP contribution in [0.4, 0.5) is 0 Å². The molecule has 0 aliphatic carbocycles. The van der Waals surface area contributed by atoms with Gasteiger partial charge >= 0.3 is 159 Å². The summed E-state index contributed by atoms with van der Waals surface area (Å²) in [6.07, 6.45) is 0.993. The Hall–Kier alpha value is -2.50. The quantitative estimate of drug-likeness (QED) is 0.101. The fourth-order valence-electron chi connectivity index (χ4n) is 2.39. The van der Waals surface area contributed by atoms with E-state index in [0.29, 0.717) is 12.7 Å². The zero-order valence-corrected chi connectivity index (χ0v) is 21.7. The fourth-order valence-corrected chi connectivity index (χ4v) is 3.38. The van der Waals surface area contributed by atoms with Gasteiger partial charge in [0.1, 0.15) is 0 Å². The molecule has 13 heteroatoms. The van der Waals surface area contributed by atoms with E-state index < -0.39 is 65.8 Å². The minimum atomic E-state index is -0.980. The van der Waals surface area contributed by atoms with Crippen LogP contribution in [0.25, 0.3) is 0 Å². The molecular weight excluding hydrogens is 499 g/mol. The molecule has 0 unspecified atom stereocenters. The maximum absolute atomic E-state index is 12.5. The summed E-state index contributed by atoms with van der Waals surface area (Å²) in [6.45, 7) is 7.48. The third-order valence-electron chi connectivity index (χ3n) is 4.52. The molecule has 6 atom stereocenters. The summed E-state index contributed by atoms with van der Waals surface area (Å²) in [6, 6.07) is -4.88. The van der Waals surface area contributed by atoms with Crippen molar-refractivity contribution in [1.82, 2.24) is 26.6 Å². The van der Waals surface area contributed by atoms with Gasteiger partial charge in [-0.1, -0.05) is 0 Å². The summed E-state index contributed by atoms with van der Waals surface area (Å²) in [5.41, 5.74) is 3.57. The van der Waals surface area contributed by atoms with Crippen LogP contribution in [0, 0.1) is 0 Å². The maximum atomic E-state index is 12.5. The van der Waals surface area contributed by atoms with E-state index in [1.54, 1.807) is 6.92 Å². The van der Waals surface area contributed by atoms with E-state index in [0.717, 1.165) is 5.32 Å². The summed E-state index contributed by atoms with van der Waals surface area (Å²) < 4.78 is 0. The first-order valence-corrected chi connectivity index (χ1v) is 13.6. The van der Waals surface area contributed by atoms with Gasteiger partial charge in [-0.3, -0.25) is 4.79 Å². The Kier molecular flexibility index (Phi) is 14.2. The molecule has 33 heavy (non-hydrogen) atoms. The second kappa shape index (κ2) is 15.4. The second-order valence-electron chi connectivity index (χ2n) is 7.87. The zero-order chi connectivity index (χ0) is 25.7. The van der Waals surface area contributed by atoms with Crippen molar-refractivity contribution in [2.75, 3.05) is 0 Å². The standard InChI is InChI=1S/C20H36N6O6Se/c1-10(9-27)22-20(32)15(7-8-33-6)26-19(31)14(5)25-18(30)13(4)24-17(29)12(3)23-16(28)11(2)21/h9-15H,7-8,21H2,1-6H3,(H,22,32)(H,23,28)(H,24,29)(H,25,30)(H,26,31)/p+1/t10-,11-,12-,13-,14-,15-/m0/s1. The predicted octanol–water partition coefficient (Wildman–Crippen LogP) is -3.12. The van der Waals surface area contributed by atoms with Crippen LogP contribution in [0.3, 0.4) is 0 Å². The monoisotopic (exact) mass is 537 g/mol. The van der Waals surface area contributed by atoms with E-state index in [-0.39, 0.29) is 15.0 Å². The Morgan fingerprint density at radius 1 is 0.727 bits per heavy atom. The fraction of sp³-hybridized carbons (Fsp3) is 0.700. The first-order chi connectivity index (χ1) is 15.3. The van der Waals surface area contributed by atoms with E-state index >= 15 is 0 Å². The Balaban J connectivity index is 4.87. The second-order valence-corrected chi connectivity index (χ2v) is 9.94. The number of hydrogen-bond acceptors (Lipinski definition) is 6. The first kappa shape index (κ1) is 30.5. The number of aldehydes is 1. The molecule has 0 fully saturated rings. The number of hydrogen-bond donors (Lipinski definition) is 6. The average molecular weight is 537 g/mol. The van der Waals surface area contributed by atoms with E-state index in [1.165, 1.54) is 27.7 Å². The van der Waals surface area contributed by atoms with Gasteiger partial charge in [0.2, 0.25) is 0 Å². The topological polar surface area (TPSA) is 190 Å². The normalized spacial score (nSPS) is 16.1. The Morgan fingerprint density at radius 2 is 1.15 bits per heavy atom. The van der Waals surface area contributed by atoms with Crippen molar-refractivity contribution in [3.8, 4) is 0 Å². The molecule has 0 saturated carbocycles. The van der Waals surface area contributed by atoms with Crippen molar-refractivity contribution in [2.45, 2.75) is 88.4 Å². The number of rotatable bonds is 14. The summed E-state index contributed by atoms with van der Waals surface area (Å²) >= 11 is 0.287. The molecule has 0 radical (unpaired) electrons. The van der Waals surface area contributed by atoms with E-state index in [2.05, 4.69) is 32.3 Å². The van der Waals surface area contributed by atoms with Gasteiger partial charge in [0.15, 0.2) is 6.04 Å². The molecular formula is C20H37N6O6Se+. The molecule has 0 rings (SSSR count). The molecule has 188 valence electrons. The number of quaternary nitrogens is 1. The Morgan fingerprint density at radius 3 is 1.55 bits per heavy atom. The molecule has 0 aromatic carbocycles. The summed E-state index contributed by atoms with van der Waals surface area (Å²) in [5.74, 6) is -0.616. The number of nitrogens with one attached hydrogen (secondary N) is 5. The SMILES string of the molecule is C[Se]CC[C@H](NC(=O)[C@H](C)NC(=O)[C@H](C)NC(=O)[C@H](C)NC(=O)[C@H](C)[NH3+])C(=O)N[C@@H](C)C=O. The van der Waals surface area contributed by atoms with Gasteiger partial charge in [-0.15, -0.1) is 0 Å². The van der Waals surface area contributed by atoms with Crippen LogP contribution in [0.2, 0.25) is 11.1 Å². The molecule has 0 aliphatic heterocycles. The van der Waals surface area contributed by atoms with Crippen molar-refractivity contribution < 1.29 is 34.5 Å². The molecule has 0 saturated heterocycles. The third-order valence-corrected chi connectivity index (χ3v) is 5.87. The molecule has 0 heterocycles. The molecule has 0 spiro atoms. The summed E-state index contributed by atoms with van der Waals surface area (Å²) in [7, 11) is 0. The van der Waals surface area contributed by atoms with E-state index in [1.807, 2.05) is 5.82 Å². The number of carbonyl (C=O) groups excluding carboxylic acids is 6.